The zero-order valence-corrected chi connectivity index (χ0v) is 45.1. The number of hydrogen-bond donors (Lipinski definition) is 0. The molecule has 0 radical (unpaired) electrons. The molecule has 9 rings (SSSR count). The van der Waals surface area contributed by atoms with Gasteiger partial charge in [0.1, 0.15) is 23.0 Å². The fourth-order valence-electron chi connectivity index (χ4n) is 13.7. The van der Waals surface area contributed by atoms with Crippen molar-refractivity contribution in [2.75, 3.05) is 20.3 Å². The maximum atomic E-state index is 13.8. The van der Waals surface area contributed by atoms with Gasteiger partial charge in [-0.25, -0.2) is 18.0 Å². The number of thiophene rings is 1. The quantitative estimate of drug-likeness (QED) is 0.0338. The largest absolute Gasteiger partial charge is 0.743 e. The molecule has 8 atom stereocenters. The Hall–Kier alpha value is -5.27. The molecule has 0 bridgehead atoms. The van der Waals surface area contributed by atoms with Crippen LogP contribution in [0.25, 0.3) is 25.1 Å². The summed E-state index contributed by atoms with van der Waals surface area (Å²) in [5.41, 5.74) is -1.03. The Balaban J connectivity index is 0.000000204. The average Bonchev–Trinajstić information content (AvgIpc) is 4.18. The summed E-state index contributed by atoms with van der Waals surface area (Å²) in [6.45, 7) is 6.33. The van der Waals surface area contributed by atoms with Crippen LogP contribution in [0.4, 0.5) is 17.6 Å². The standard InChI is InChI=1S/C29H29O5S.C28H38F4O8S/c1-3-29(16-8-9-17-29)34-27(30)19-33-28(31)20-14-15-23(32-2)26(18-20)35-24-12-6-4-10-21(24)22-11-5-7-13-25(22)35;1-15(4-7-23(36)40-11-10-27(29,30)28(31,32)41(37,38)39)18-5-6-19-24-20(14-22(35)26(18,19)3)25(2)9-8-17(33)12-16(25)13-21(24)34/h4-7,10-15,18H,3,8-9,16-17,19H2,1-2H3;15-16,18-20,24H,4-14H2,1-3H3,(H,37,38,39)/q+1;/p-1/t;15-,16?,18-,19+,20+,24+,25+,26-/m.1/s1. The number of Topliss-reactive ketones (excluding diaryl/α,β-unsaturated/α-hetero) is 3. The number of ketones is 3. The van der Waals surface area contributed by atoms with E-state index in [0.29, 0.717) is 49.8 Å². The summed E-state index contributed by atoms with van der Waals surface area (Å²) in [6, 6.07) is 22.0. The molecule has 412 valence electrons. The van der Waals surface area contributed by atoms with Gasteiger partial charge in [0.15, 0.2) is 31.9 Å². The van der Waals surface area contributed by atoms with Gasteiger partial charge >= 0.3 is 29.1 Å². The third kappa shape index (κ3) is 10.6. The lowest BCUT2D eigenvalue weighted by Crippen LogP contribution is -2.60. The van der Waals surface area contributed by atoms with Crippen molar-refractivity contribution in [3.8, 4) is 10.6 Å². The second-order valence-corrected chi connectivity index (χ2v) is 25.4. The van der Waals surface area contributed by atoms with Gasteiger partial charge in [-0.05, 0) is 129 Å². The van der Waals surface area contributed by atoms with E-state index in [0.717, 1.165) is 37.0 Å². The number of esters is 3. The molecule has 19 heteroatoms. The molecular formula is C57H66F4O13S2. The van der Waals surface area contributed by atoms with Crippen LogP contribution in [-0.2, 0) is 48.3 Å². The molecule has 5 saturated carbocycles. The van der Waals surface area contributed by atoms with Gasteiger partial charge in [0, 0.05) is 70.7 Å². The van der Waals surface area contributed by atoms with Crippen LogP contribution < -0.4 is 4.74 Å². The second kappa shape index (κ2) is 21.9. The van der Waals surface area contributed by atoms with Crippen molar-refractivity contribution in [3.63, 3.8) is 0 Å². The number of hydrogen-bond acceptors (Lipinski definition) is 13. The molecule has 4 aromatic rings. The number of fused-ring (bicyclic) bond motifs is 8. The van der Waals surface area contributed by atoms with E-state index in [1.165, 1.54) is 20.2 Å². The normalized spacial score (nSPS) is 26.7. The minimum atomic E-state index is -6.62. The van der Waals surface area contributed by atoms with Crippen molar-refractivity contribution >= 4 is 76.0 Å². The van der Waals surface area contributed by atoms with E-state index in [4.69, 9.17) is 14.2 Å². The van der Waals surface area contributed by atoms with Gasteiger partial charge < -0.3 is 23.5 Å². The van der Waals surface area contributed by atoms with Gasteiger partial charge in [0.05, 0.1) is 25.7 Å². The maximum absolute atomic E-state index is 13.8. The fraction of sp³-hybridized carbons (Fsp3) is 0.579. The molecule has 5 aliphatic carbocycles. The number of halogens is 4. The van der Waals surface area contributed by atoms with Crippen molar-refractivity contribution in [2.45, 2.75) is 141 Å². The molecule has 0 aliphatic heterocycles. The van der Waals surface area contributed by atoms with Gasteiger partial charge in [-0.2, -0.15) is 17.6 Å². The molecule has 1 aromatic heterocycles. The Morgan fingerprint density at radius 2 is 1.49 bits per heavy atom. The first-order valence-electron chi connectivity index (χ1n) is 26.3. The highest BCUT2D eigenvalue weighted by molar-refractivity contribution is 7.86. The van der Waals surface area contributed by atoms with Crippen LogP contribution in [0.2, 0.25) is 0 Å². The Morgan fingerprint density at radius 1 is 0.842 bits per heavy atom. The lowest BCUT2D eigenvalue weighted by molar-refractivity contribution is -0.175. The lowest BCUT2D eigenvalue weighted by atomic mass is 9.44. The summed E-state index contributed by atoms with van der Waals surface area (Å²) in [7, 11) is -5.41. The maximum Gasteiger partial charge on any atom is 0.396 e. The summed E-state index contributed by atoms with van der Waals surface area (Å²) in [5.74, 6) is -6.96. The van der Waals surface area contributed by atoms with Crippen LogP contribution in [0.1, 0.15) is 134 Å². The predicted octanol–water partition coefficient (Wildman–Crippen LogP) is 11.9. The molecule has 5 aliphatic rings. The molecule has 0 saturated heterocycles. The smallest absolute Gasteiger partial charge is 0.396 e. The monoisotopic (exact) mass is 1100 g/mol. The SMILES string of the molecule is CCC1(OC(=O)COC(=O)c2ccc(OC)c(-[s+]3c4ccccc4c4ccccc43)c2)CCCC1.C[C@H](CCC(=O)OCCC(F)(F)C(F)(F)S(=O)(=O)[O-])[C@H]1CC[C@H]2[C@@H]3C(=O)CC4CC(=O)CC[C@]4(C)[C@H]3CC(=O)[C@]12C. The van der Waals surface area contributed by atoms with E-state index in [1.54, 1.807) is 19.2 Å². The van der Waals surface area contributed by atoms with Crippen LogP contribution >= 0.6 is 10.5 Å². The first-order valence-corrected chi connectivity index (χ1v) is 28.9. The summed E-state index contributed by atoms with van der Waals surface area (Å²) in [6.07, 6.45) is 6.28. The lowest BCUT2D eigenvalue weighted by Gasteiger charge is -2.58. The van der Waals surface area contributed by atoms with Crippen LogP contribution in [0.5, 0.6) is 5.75 Å². The zero-order valence-electron chi connectivity index (χ0n) is 43.5. The van der Waals surface area contributed by atoms with E-state index in [9.17, 15) is 59.3 Å². The van der Waals surface area contributed by atoms with Crippen molar-refractivity contribution in [3.05, 3.63) is 72.3 Å². The predicted molar refractivity (Wildman–Crippen MR) is 274 cm³/mol. The zero-order chi connectivity index (χ0) is 55.2. The summed E-state index contributed by atoms with van der Waals surface area (Å²) < 4.78 is 109. The fourth-order valence-corrected chi connectivity index (χ4v) is 16.7. The van der Waals surface area contributed by atoms with E-state index in [-0.39, 0.29) is 84.1 Å². The second-order valence-electron chi connectivity index (χ2n) is 22.1. The van der Waals surface area contributed by atoms with Crippen molar-refractivity contribution in [1.29, 1.82) is 0 Å². The molecule has 5 fully saturated rings. The topological polar surface area (TPSA) is 197 Å². The van der Waals surface area contributed by atoms with Gasteiger partial charge in [-0.3, -0.25) is 19.2 Å². The summed E-state index contributed by atoms with van der Waals surface area (Å²) in [4.78, 5) is 77.9. The Morgan fingerprint density at radius 3 is 2.11 bits per heavy atom. The average molecular weight is 1100 g/mol. The Kier molecular flexibility index (Phi) is 16.4. The number of carbonyl (C=O) groups is 6. The Labute approximate surface area is 442 Å². The molecule has 3 aromatic carbocycles. The number of alkyl halides is 4. The van der Waals surface area contributed by atoms with Crippen molar-refractivity contribution in [2.24, 2.45) is 46.3 Å². The van der Waals surface area contributed by atoms with Crippen LogP contribution in [0.15, 0.2) is 66.7 Å². The minimum Gasteiger partial charge on any atom is -0.743 e. The van der Waals surface area contributed by atoms with Gasteiger partial charge in [0.2, 0.25) is 4.90 Å². The summed E-state index contributed by atoms with van der Waals surface area (Å²) >= 11 is 0. The van der Waals surface area contributed by atoms with Gasteiger partial charge in [-0.1, -0.05) is 52.0 Å². The molecule has 1 unspecified atom stereocenters. The van der Waals surface area contributed by atoms with E-state index in [1.807, 2.05) is 51.1 Å². The van der Waals surface area contributed by atoms with Crippen LogP contribution in [0, 0.1) is 46.3 Å². The van der Waals surface area contributed by atoms with Gasteiger partial charge in [0.25, 0.3) is 0 Å². The van der Waals surface area contributed by atoms with Crippen LogP contribution in [0.3, 0.4) is 0 Å². The third-order valence-electron chi connectivity index (χ3n) is 18.1. The minimum absolute atomic E-state index is 0.0346. The molecular weight excluding hydrogens is 1030 g/mol. The highest BCUT2D eigenvalue weighted by Crippen LogP contribution is 2.66. The third-order valence-corrected chi connectivity index (χ3v) is 21.3. The Bertz CT molecular complexity index is 2970. The number of carbonyl (C=O) groups excluding carboxylic acids is 6. The molecule has 1 heterocycles. The highest BCUT2D eigenvalue weighted by Gasteiger charge is 2.66. The molecule has 0 spiro atoms. The van der Waals surface area contributed by atoms with Gasteiger partial charge in [-0.15, -0.1) is 0 Å². The molecule has 0 N–H and O–H groups in total. The number of benzene rings is 3. The number of ether oxygens (including phenoxy) is 4. The number of methoxy groups -OCH3 is 1. The highest BCUT2D eigenvalue weighted by atomic mass is 32.2. The molecule has 76 heavy (non-hydrogen) atoms. The first kappa shape index (κ1) is 56.9. The summed E-state index contributed by atoms with van der Waals surface area (Å²) in [5, 5.41) is -3.45. The van der Waals surface area contributed by atoms with E-state index >= 15 is 0 Å². The first-order chi connectivity index (χ1) is 35.8. The van der Waals surface area contributed by atoms with Crippen molar-refractivity contribution in [1.82, 2.24) is 0 Å². The van der Waals surface area contributed by atoms with Crippen molar-refractivity contribution < 1.29 is 78.2 Å². The van der Waals surface area contributed by atoms with Crippen LogP contribution in [-0.4, -0.2) is 85.3 Å². The number of rotatable bonds is 16. The molecule has 0 amide bonds. The van der Waals surface area contributed by atoms with E-state index < -0.39 is 73.7 Å². The van der Waals surface area contributed by atoms with E-state index in [2.05, 4.69) is 35.9 Å². The molecule has 13 nitrogen and oxygen atoms in total.